The van der Waals surface area contributed by atoms with Crippen LogP contribution in [0.1, 0.15) is 16.8 Å². The van der Waals surface area contributed by atoms with Crippen LogP contribution in [0.15, 0.2) is 37.2 Å². The molecule has 0 radical (unpaired) electrons. The molecule has 8 heteroatoms. The highest BCUT2D eigenvalue weighted by molar-refractivity contribution is 7.90. The first-order valence-corrected chi connectivity index (χ1v) is 7.42. The summed E-state index contributed by atoms with van der Waals surface area (Å²) in [6.07, 6.45) is 2.76. The van der Waals surface area contributed by atoms with Gasteiger partial charge in [-0.25, -0.2) is 13.1 Å². The van der Waals surface area contributed by atoms with Crippen LogP contribution in [-0.4, -0.2) is 42.3 Å². The molecule has 0 saturated heterocycles. The van der Waals surface area contributed by atoms with E-state index in [4.69, 9.17) is 5.73 Å². The van der Waals surface area contributed by atoms with Gasteiger partial charge in [0, 0.05) is 18.9 Å². The number of sulfonamides is 1. The smallest absolute Gasteiger partial charge is 0.266 e. The minimum absolute atomic E-state index is 0.0730. The third-order valence-corrected chi connectivity index (χ3v) is 4.25. The Bertz CT molecular complexity index is 559. The van der Waals surface area contributed by atoms with Gasteiger partial charge in [-0.05, 0) is 18.6 Å². The van der Waals surface area contributed by atoms with E-state index in [0.717, 1.165) is 6.08 Å². The van der Waals surface area contributed by atoms with Gasteiger partial charge in [-0.2, -0.15) is 0 Å². The Kier molecular flexibility index (Phi) is 5.81. The van der Waals surface area contributed by atoms with Gasteiger partial charge < -0.3 is 10.8 Å². The van der Waals surface area contributed by atoms with Crippen molar-refractivity contribution in [3.8, 4) is 0 Å². The molecule has 20 heavy (non-hydrogen) atoms. The second-order valence-corrected chi connectivity index (χ2v) is 6.02. The summed E-state index contributed by atoms with van der Waals surface area (Å²) in [5.74, 6) is -0.785. The summed E-state index contributed by atoms with van der Waals surface area (Å²) in [7, 11) is -3.99. The lowest BCUT2D eigenvalue weighted by molar-refractivity contribution is 0.0980. The minimum atomic E-state index is -3.99. The van der Waals surface area contributed by atoms with Gasteiger partial charge in [-0.15, -0.1) is 6.58 Å². The Hall–Kier alpha value is -1.77. The molecule has 0 bridgehead atoms. The number of aliphatic hydroxyl groups is 1. The van der Waals surface area contributed by atoms with E-state index in [-0.39, 0.29) is 18.5 Å². The highest BCUT2D eigenvalue weighted by Gasteiger charge is 2.27. The number of hydrogen-bond donors (Lipinski definition) is 3. The highest BCUT2D eigenvalue weighted by atomic mass is 32.2. The van der Waals surface area contributed by atoms with Crippen molar-refractivity contribution in [1.29, 1.82) is 0 Å². The first kappa shape index (κ1) is 16.3. The number of nitrogens with two attached hydrogens (primary N) is 1. The molecular formula is C12H17N3O4S. The van der Waals surface area contributed by atoms with Crippen molar-refractivity contribution < 1.29 is 18.3 Å². The normalized spacial score (nSPS) is 14.3. The van der Waals surface area contributed by atoms with E-state index >= 15 is 0 Å². The fourth-order valence-electron chi connectivity index (χ4n) is 1.47. The molecule has 0 aromatic carbocycles. The molecule has 0 spiro atoms. The van der Waals surface area contributed by atoms with Crippen LogP contribution < -0.4 is 10.5 Å². The number of carbonyl (C=O) groups excluding carboxylic acids is 1. The van der Waals surface area contributed by atoms with Crippen LogP contribution in [0, 0.1) is 0 Å². The Morgan fingerprint density at radius 1 is 1.60 bits per heavy atom. The number of aromatic nitrogens is 1. The maximum Gasteiger partial charge on any atom is 0.266 e. The van der Waals surface area contributed by atoms with Crippen LogP contribution in [0.25, 0.3) is 0 Å². The number of aliphatic hydroxyl groups excluding tert-OH is 1. The summed E-state index contributed by atoms with van der Waals surface area (Å²) in [6.45, 7) is 3.33. The average Bonchev–Trinajstić information content (AvgIpc) is 2.44. The lowest BCUT2D eigenvalue weighted by Crippen LogP contribution is -2.40. The molecule has 1 aromatic rings. The summed E-state index contributed by atoms with van der Waals surface area (Å²) in [5.41, 5.74) is 5.36. The maximum atomic E-state index is 12.0. The molecule has 1 amide bonds. The second kappa shape index (κ2) is 7.13. The lowest BCUT2D eigenvalue weighted by Gasteiger charge is -2.17. The Balaban J connectivity index is 2.82. The Labute approximate surface area is 117 Å². The van der Waals surface area contributed by atoms with Gasteiger partial charge in [-0.3, -0.25) is 9.78 Å². The predicted octanol–water partition coefficient (Wildman–Crippen LogP) is -0.594. The maximum absolute atomic E-state index is 12.0. The Morgan fingerprint density at radius 3 is 2.80 bits per heavy atom. The molecule has 2 unspecified atom stereocenters. The molecule has 1 aromatic heterocycles. The van der Waals surface area contributed by atoms with Crippen molar-refractivity contribution in [3.63, 3.8) is 0 Å². The van der Waals surface area contributed by atoms with Gasteiger partial charge in [-0.1, -0.05) is 6.08 Å². The molecule has 7 nitrogen and oxygen atoms in total. The first-order chi connectivity index (χ1) is 9.40. The third-order valence-electron chi connectivity index (χ3n) is 2.60. The van der Waals surface area contributed by atoms with E-state index < -0.39 is 27.3 Å². The standard InChI is InChI=1S/C12H17N3O4S/c1-2-11(6-10(16)7-13)20(18,19)15-12(17)9-4-3-5-14-8-9/h2-5,8,10-11,16H,1,6-7,13H2,(H,15,17). The fourth-order valence-corrected chi connectivity index (χ4v) is 2.73. The van der Waals surface area contributed by atoms with Gasteiger partial charge >= 0.3 is 0 Å². The SMILES string of the molecule is C=CC(CC(O)CN)S(=O)(=O)NC(=O)c1cccnc1. The molecule has 110 valence electrons. The van der Waals surface area contributed by atoms with E-state index in [2.05, 4.69) is 11.6 Å². The van der Waals surface area contributed by atoms with Crippen LogP contribution in [0.4, 0.5) is 0 Å². The molecule has 0 aliphatic carbocycles. The number of amides is 1. The molecule has 4 N–H and O–H groups in total. The van der Waals surface area contributed by atoms with E-state index in [1.165, 1.54) is 24.5 Å². The zero-order valence-electron chi connectivity index (χ0n) is 10.8. The summed E-state index contributed by atoms with van der Waals surface area (Å²) in [5, 5.41) is 8.30. The number of pyridine rings is 1. The van der Waals surface area contributed by atoms with E-state index in [9.17, 15) is 18.3 Å². The molecule has 1 rings (SSSR count). The largest absolute Gasteiger partial charge is 0.392 e. The summed E-state index contributed by atoms with van der Waals surface area (Å²) < 4.78 is 26.0. The van der Waals surface area contributed by atoms with Crippen molar-refractivity contribution >= 4 is 15.9 Å². The number of rotatable bonds is 7. The zero-order chi connectivity index (χ0) is 15.2. The van der Waals surface area contributed by atoms with Crippen LogP contribution in [-0.2, 0) is 10.0 Å². The molecule has 2 atom stereocenters. The van der Waals surface area contributed by atoms with Gasteiger partial charge in [0.1, 0.15) is 5.25 Å². The number of nitrogens with zero attached hydrogens (tertiary/aromatic N) is 1. The van der Waals surface area contributed by atoms with Crippen LogP contribution in [0.2, 0.25) is 0 Å². The second-order valence-electron chi connectivity index (χ2n) is 4.12. The van der Waals surface area contributed by atoms with Crippen LogP contribution >= 0.6 is 0 Å². The lowest BCUT2D eigenvalue weighted by atomic mass is 10.2. The molecule has 0 fully saturated rings. The quantitative estimate of drug-likeness (QED) is 0.578. The predicted molar refractivity (Wildman–Crippen MR) is 74.3 cm³/mol. The molecular weight excluding hydrogens is 282 g/mol. The van der Waals surface area contributed by atoms with Gasteiger partial charge in [0.15, 0.2) is 0 Å². The highest BCUT2D eigenvalue weighted by Crippen LogP contribution is 2.10. The van der Waals surface area contributed by atoms with Crippen molar-refractivity contribution in [2.45, 2.75) is 17.8 Å². The van der Waals surface area contributed by atoms with E-state index in [0.29, 0.717) is 0 Å². The average molecular weight is 299 g/mol. The molecule has 0 aliphatic heterocycles. The molecule has 0 saturated carbocycles. The van der Waals surface area contributed by atoms with Gasteiger partial charge in [0.2, 0.25) is 10.0 Å². The van der Waals surface area contributed by atoms with Crippen molar-refractivity contribution in [2.24, 2.45) is 5.73 Å². The van der Waals surface area contributed by atoms with Gasteiger partial charge in [0.25, 0.3) is 5.91 Å². The molecule has 1 heterocycles. The van der Waals surface area contributed by atoms with Crippen LogP contribution in [0.3, 0.4) is 0 Å². The van der Waals surface area contributed by atoms with Crippen molar-refractivity contribution in [2.75, 3.05) is 6.54 Å². The minimum Gasteiger partial charge on any atom is -0.392 e. The Morgan fingerprint density at radius 2 is 2.30 bits per heavy atom. The monoisotopic (exact) mass is 299 g/mol. The van der Waals surface area contributed by atoms with Crippen molar-refractivity contribution in [1.82, 2.24) is 9.71 Å². The number of nitrogens with one attached hydrogen (secondary N) is 1. The third kappa shape index (κ3) is 4.41. The number of carbonyl (C=O) groups is 1. The molecule has 0 aliphatic rings. The van der Waals surface area contributed by atoms with E-state index in [1.807, 2.05) is 4.72 Å². The van der Waals surface area contributed by atoms with Gasteiger partial charge in [0.05, 0.1) is 11.7 Å². The van der Waals surface area contributed by atoms with Crippen LogP contribution in [0.5, 0.6) is 0 Å². The topological polar surface area (TPSA) is 122 Å². The van der Waals surface area contributed by atoms with E-state index in [1.54, 1.807) is 0 Å². The zero-order valence-corrected chi connectivity index (χ0v) is 11.6. The summed E-state index contributed by atoms with van der Waals surface area (Å²) in [4.78, 5) is 15.5. The first-order valence-electron chi connectivity index (χ1n) is 5.87. The number of hydrogen-bond acceptors (Lipinski definition) is 6. The fraction of sp³-hybridized carbons (Fsp3) is 0.333. The summed E-state index contributed by atoms with van der Waals surface area (Å²) >= 11 is 0. The summed E-state index contributed by atoms with van der Waals surface area (Å²) in [6, 6.07) is 2.96. The van der Waals surface area contributed by atoms with Crippen molar-refractivity contribution in [3.05, 3.63) is 42.7 Å².